The molecule has 3 aromatic carbocycles. The molecular weight excluding hydrogens is 330 g/mol. The molecule has 0 aliphatic carbocycles. The summed E-state index contributed by atoms with van der Waals surface area (Å²) in [4.78, 5) is 0. The molecule has 0 amide bonds. The molecule has 0 radical (unpaired) electrons. The molecule has 0 unspecified atom stereocenters. The lowest BCUT2D eigenvalue weighted by Gasteiger charge is -2.09. The topological polar surface area (TPSA) is 21.3 Å². The normalized spacial score (nSPS) is 10.6. The highest BCUT2D eigenvalue weighted by molar-refractivity contribution is 6.30. The molecule has 0 saturated heterocycles. The van der Waals surface area contributed by atoms with Crippen molar-refractivity contribution in [1.29, 1.82) is 0 Å². The summed E-state index contributed by atoms with van der Waals surface area (Å²) >= 11 is 5.99. The number of hydrogen-bond acceptors (Lipinski definition) is 2. The molecule has 2 nitrogen and oxygen atoms in total. The van der Waals surface area contributed by atoms with Gasteiger partial charge in [-0.1, -0.05) is 65.7 Å². The van der Waals surface area contributed by atoms with Crippen molar-refractivity contribution in [3.05, 3.63) is 100 Å². The molecule has 128 valence electrons. The van der Waals surface area contributed by atoms with Gasteiger partial charge in [-0.25, -0.2) is 0 Å². The van der Waals surface area contributed by atoms with E-state index in [4.69, 9.17) is 16.3 Å². The largest absolute Gasteiger partial charge is 0.489 e. The van der Waals surface area contributed by atoms with Crippen LogP contribution >= 0.6 is 11.6 Å². The number of nitrogens with one attached hydrogen (secondary N) is 1. The zero-order chi connectivity index (χ0) is 17.5. The van der Waals surface area contributed by atoms with Crippen molar-refractivity contribution in [3.8, 4) is 5.75 Å². The first-order valence-corrected chi connectivity index (χ1v) is 8.79. The third-order valence-electron chi connectivity index (χ3n) is 4.00. The number of aryl methyl sites for hydroxylation is 1. The van der Waals surface area contributed by atoms with Crippen LogP contribution in [-0.4, -0.2) is 0 Å². The molecule has 3 rings (SSSR count). The van der Waals surface area contributed by atoms with E-state index in [9.17, 15) is 0 Å². The Morgan fingerprint density at radius 2 is 1.44 bits per heavy atom. The molecule has 0 saturated carbocycles. The van der Waals surface area contributed by atoms with E-state index in [1.54, 1.807) is 0 Å². The fraction of sp³-hybridized carbons (Fsp3) is 0.182. The Hall–Kier alpha value is -2.29. The summed E-state index contributed by atoms with van der Waals surface area (Å²) in [6, 6.07) is 24.5. The molecule has 3 aromatic rings. The van der Waals surface area contributed by atoms with Crippen LogP contribution in [0.25, 0.3) is 0 Å². The summed E-state index contributed by atoms with van der Waals surface area (Å²) in [6.07, 6.45) is 0. The second kappa shape index (κ2) is 8.70. The standard InChI is InChI=1S/C22H22ClNO/c1-17-5-7-18(8-6-17)14-24-15-19-9-11-22(12-10-19)25-16-20-3-2-4-21(23)13-20/h2-13,24H,14-16H2,1H3. The Morgan fingerprint density at radius 1 is 0.800 bits per heavy atom. The summed E-state index contributed by atoms with van der Waals surface area (Å²) in [5, 5.41) is 4.20. The maximum atomic E-state index is 5.99. The van der Waals surface area contributed by atoms with Gasteiger partial charge in [0.1, 0.15) is 12.4 Å². The molecule has 3 heteroatoms. The molecule has 25 heavy (non-hydrogen) atoms. The summed E-state index contributed by atoms with van der Waals surface area (Å²) in [5.74, 6) is 0.863. The second-order valence-corrected chi connectivity index (χ2v) is 6.59. The Balaban J connectivity index is 1.46. The number of rotatable bonds is 7. The van der Waals surface area contributed by atoms with Crippen LogP contribution in [-0.2, 0) is 19.7 Å². The Labute approximate surface area is 154 Å². The minimum absolute atomic E-state index is 0.519. The summed E-state index contributed by atoms with van der Waals surface area (Å²) in [5.41, 5.74) is 4.89. The van der Waals surface area contributed by atoms with Crippen LogP contribution in [0.3, 0.4) is 0 Å². The van der Waals surface area contributed by atoms with Crippen LogP contribution in [0.5, 0.6) is 5.75 Å². The highest BCUT2D eigenvalue weighted by Gasteiger charge is 1.99. The smallest absolute Gasteiger partial charge is 0.119 e. The zero-order valence-corrected chi connectivity index (χ0v) is 15.1. The van der Waals surface area contributed by atoms with Crippen molar-refractivity contribution in [1.82, 2.24) is 5.32 Å². The minimum atomic E-state index is 0.519. The van der Waals surface area contributed by atoms with Crippen LogP contribution in [0.15, 0.2) is 72.8 Å². The number of halogens is 1. The lowest BCUT2D eigenvalue weighted by atomic mass is 10.1. The van der Waals surface area contributed by atoms with Crippen LogP contribution < -0.4 is 10.1 Å². The van der Waals surface area contributed by atoms with Gasteiger partial charge in [0.2, 0.25) is 0 Å². The predicted molar refractivity (Wildman–Crippen MR) is 104 cm³/mol. The fourth-order valence-electron chi connectivity index (χ4n) is 2.55. The molecule has 0 aromatic heterocycles. The number of hydrogen-bond donors (Lipinski definition) is 1. The summed E-state index contributed by atoms with van der Waals surface area (Å²) in [6.45, 7) is 4.33. The van der Waals surface area contributed by atoms with Crippen LogP contribution in [0.2, 0.25) is 5.02 Å². The van der Waals surface area contributed by atoms with Crippen LogP contribution in [0.1, 0.15) is 22.3 Å². The van der Waals surface area contributed by atoms with Gasteiger partial charge in [-0.15, -0.1) is 0 Å². The van der Waals surface area contributed by atoms with E-state index in [1.165, 1.54) is 16.7 Å². The van der Waals surface area contributed by atoms with Gasteiger partial charge in [-0.05, 0) is 47.9 Å². The van der Waals surface area contributed by atoms with E-state index in [0.717, 1.165) is 29.4 Å². The molecule has 0 fully saturated rings. The molecule has 0 heterocycles. The SMILES string of the molecule is Cc1ccc(CNCc2ccc(OCc3cccc(Cl)c3)cc2)cc1. The highest BCUT2D eigenvalue weighted by Crippen LogP contribution is 2.16. The van der Waals surface area contributed by atoms with Crippen molar-refractivity contribution >= 4 is 11.6 Å². The van der Waals surface area contributed by atoms with Crippen molar-refractivity contribution in [2.45, 2.75) is 26.6 Å². The monoisotopic (exact) mass is 351 g/mol. The first-order valence-electron chi connectivity index (χ1n) is 8.41. The van der Waals surface area contributed by atoms with E-state index < -0.39 is 0 Å². The van der Waals surface area contributed by atoms with Gasteiger partial charge in [0.25, 0.3) is 0 Å². The highest BCUT2D eigenvalue weighted by atomic mass is 35.5. The first-order chi connectivity index (χ1) is 12.2. The van der Waals surface area contributed by atoms with Gasteiger partial charge in [0.15, 0.2) is 0 Å². The fourth-order valence-corrected chi connectivity index (χ4v) is 2.77. The van der Waals surface area contributed by atoms with Gasteiger partial charge in [-0.2, -0.15) is 0 Å². The Kier molecular flexibility index (Phi) is 6.10. The zero-order valence-electron chi connectivity index (χ0n) is 14.3. The molecule has 0 aliphatic heterocycles. The molecule has 0 bridgehead atoms. The molecule has 1 N–H and O–H groups in total. The maximum absolute atomic E-state index is 5.99. The average Bonchev–Trinajstić information content (AvgIpc) is 2.63. The first kappa shape index (κ1) is 17.5. The third-order valence-corrected chi connectivity index (χ3v) is 4.23. The quantitative estimate of drug-likeness (QED) is 0.605. The lowest BCUT2D eigenvalue weighted by molar-refractivity contribution is 0.306. The average molecular weight is 352 g/mol. The van der Waals surface area contributed by atoms with Gasteiger partial charge < -0.3 is 10.1 Å². The molecule has 0 atom stereocenters. The minimum Gasteiger partial charge on any atom is -0.489 e. The second-order valence-electron chi connectivity index (χ2n) is 6.15. The van der Waals surface area contributed by atoms with Crippen molar-refractivity contribution < 1.29 is 4.74 Å². The van der Waals surface area contributed by atoms with Gasteiger partial charge in [-0.3, -0.25) is 0 Å². The maximum Gasteiger partial charge on any atom is 0.119 e. The van der Waals surface area contributed by atoms with E-state index in [0.29, 0.717) is 6.61 Å². The van der Waals surface area contributed by atoms with E-state index in [1.807, 2.05) is 36.4 Å². The van der Waals surface area contributed by atoms with E-state index in [2.05, 4.69) is 48.6 Å². The number of ether oxygens (including phenoxy) is 1. The molecule has 0 spiro atoms. The van der Waals surface area contributed by atoms with Crippen LogP contribution in [0, 0.1) is 6.92 Å². The summed E-state index contributed by atoms with van der Waals surface area (Å²) in [7, 11) is 0. The molecule has 0 aliphatic rings. The van der Waals surface area contributed by atoms with Gasteiger partial charge in [0, 0.05) is 18.1 Å². The Bertz CT molecular complexity index is 797. The predicted octanol–water partition coefficient (Wildman–Crippen LogP) is 5.52. The van der Waals surface area contributed by atoms with Crippen molar-refractivity contribution in [2.75, 3.05) is 0 Å². The van der Waals surface area contributed by atoms with Crippen molar-refractivity contribution in [2.24, 2.45) is 0 Å². The summed E-state index contributed by atoms with van der Waals surface area (Å²) < 4.78 is 5.81. The number of benzene rings is 3. The van der Waals surface area contributed by atoms with Gasteiger partial charge >= 0.3 is 0 Å². The Morgan fingerprint density at radius 3 is 2.08 bits per heavy atom. The van der Waals surface area contributed by atoms with Gasteiger partial charge in [0.05, 0.1) is 0 Å². The van der Waals surface area contributed by atoms with E-state index in [-0.39, 0.29) is 0 Å². The van der Waals surface area contributed by atoms with Crippen molar-refractivity contribution in [3.63, 3.8) is 0 Å². The molecular formula is C22H22ClNO. The third kappa shape index (κ3) is 5.63. The van der Waals surface area contributed by atoms with E-state index >= 15 is 0 Å². The van der Waals surface area contributed by atoms with Crippen LogP contribution in [0.4, 0.5) is 0 Å². The lowest BCUT2D eigenvalue weighted by Crippen LogP contribution is -2.12.